The van der Waals surface area contributed by atoms with Crippen molar-refractivity contribution in [3.05, 3.63) is 27.9 Å². The lowest BCUT2D eigenvalue weighted by Crippen LogP contribution is -2.34. The molecule has 1 fully saturated rings. The molecule has 1 aromatic rings. The van der Waals surface area contributed by atoms with Crippen LogP contribution in [-0.4, -0.2) is 58.6 Å². The van der Waals surface area contributed by atoms with Crippen molar-refractivity contribution in [2.45, 2.75) is 38.9 Å². The maximum Gasteiger partial charge on any atom is 0.253 e. The van der Waals surface area contributed by atoms with Gasteiger partial charge in [-0.25, -0.2) is 4.98 Å². The van der Waals surface area contributed by atoms with Crippen LogP contribution in [0.15, 0.2) is 10.9 Å². The Balaban J connectivity index is 1.81. The van der Waals surface area contributed by atoms with E-state index < -0.39 is 0 Å². The van der Waals surface area contributed by atoms with Crippen LogP contribution in [-0.2, 0) is 29.2 Å². The van der Waals surface area contributed by atoms with E-state index in [1.807, 2.05) is 0 Å². The molecule has 0 aromatic carbocycles. The maximum atomic E-state index is 12.4. The van der Waals surface area contributed by atoms with Crippen molar-refractivity contribution in [3.63, 3.8) is 0 Å². The first kappa shape index (κ1) is 16.1. The fraction of sp³-hybridized carbons (Fsp3) is 0.688. The molecular formula is C16H24N4O3. The van der Waals surface area contributed by atoms with Crippen LogP contribution in [0.25, 0.3) is 0 Å². The number of aromatic nitrogens is 2. The van der Waals surface area contributed by atoms with Crippen molar-refractivity contribution in [3.8, 4) is 0 Å². The van der Waals surface area contributed by atoms with Gasteiger partial charge in [0.05, 0.1) is 12.2 Å². The lowest BCUT2D eigenvalue weighted by molar-refractivity contribution is -0.135. The van der Waals surface area contributed by atoms with Gasteiger partial charge in [-0.15, -0.1) is 0 Å². The van der Waals surface area contributed by atoms with E-state index in [0.717, 1.165) is 31.7 Å². The summed E-state index contributed by atoms with van der Waals surface area (Å²) >= 11 is 0. The van der Waals surface area contributed by atoms with Crippen LogP contribution in [0.5, 0.6) is 0 Å². The fourth-order valence-corrected chi connectivity index (χ4v) is 3.31. The van der Waals surface area contributed by atoms with Gasteiger partial charge in [0.15, 0.2) is 0 Å². The first-order valence-corrected chi connectivity index (χ1v) is 8.26. The zero-order chi connectivity index (χ0) is 16.2. The average Bonchev–Trinajstić information content (AvgIpc) is 2.92. The predicted octanol–water partition coefficient (Wildman–Crippen LogP) is 0.218. The standard InChI is InChI=1S/C16H24N4O3/c1-23-12-16(22)19-7-4-8-20-14(11-19)17-13(9-15(20)21)10-18-5-2-3-6-18/h9H,2-8,10-12H2,1H3. The molecule has 0 atom stereocenters. The smallest absolute Gasteiger partial charge is 0.253 e. The number of hydrogen-bond donors (Lipinski definition) is 0. The molecule has 2 aliphatic rings. The number of rotatable bonds is 4. The molecule has 0 spiro atoms. The van der Waals surface area contributed by atoms with Crippen molar-refractivity contribution >= 4 is 5.91 Å². The summed E-state index contributed by atoms with van der Waals surface area (Å²) < 4.78 is 6.64. The monoisotopic (exact) mass is 320 g/mol. The van der Waals surface area contributed by atoms with E-state index in [4.69, 9.17) is 4.74 Å². The van der Waals surface area contributed by atoms with Crippen molar-refractivity contribution in [2.24, 2.45) is 0 Å². The largest absolute Gasteiger partial charge is 0.375 e. The van der Waals surface area contributed by atoms with Crippen LogP contribution in [0.1, 0.15) is 30.8 Å². The third-order valence-corrected chi connectivity index (χ3v) is 4.49. The van der Waals surface area contributed by atoms with E-state index in [9.17, 15) is 9.59 Å². The molecule has 7 nitrogen and oxygen atoms in total. The number of fused-ring (bicyclic) bond motifs is 1. The van der Waals surface area contributed by atoms with Crippen LogP contribution in [0, 0.1) is 0 Å². The number of methoxy groups -OCH3 is 1. The number of nitrogens with zero attached hydrogens (tertiary/aromatic N) is 4. The molecule has 3 rings (SSSR count). The molecule has 1 saturated heterocycles. The van der Waals surface area contributed by atoms with Crippen LogP contribution in [0.3, 0.4) is 0 Å². The minimum Gasteiger partial charge on any atom is -0.375 e. The molecule has 23 heavy (non-hydrogen) atoms. The van der Waals surface area contributed by atoms with Crippen molar-refractivity contribution in [1.82, 2.24) is 19.4 Å². The molecule has 0 saturated carbocycles. The fourth-order valence-electron chi connectivity index (χ4n) is 3.31. The topological polar surface area (TPSA) is 67.7 Å². The molecule has 1 aromatic heterocycles. The first-order valence-electron chi connectivity index (χ1n) is 8.26. The second-order valence-corrected chi connectivity index (χ2v) is 6.24. The Hall–Kier alpha value is -1.73. The van der Waals surface area contributed by atoms with Gasteiger partial charge in [-0.2, -0.15) is 0 Å². The van der Waals surface area contributed by atoms with Gasteiger partial charge in [-0.3, -0.25) is 19.1 Å². The van der Waals surface area contributed by atoms with Gasteiger partial charge in [-0.05, 0) is 32.4 Å². The summed E-state index contributed by atoms with van der Waals surface area (Å²) in [7, 11) is 1.51. The predicted molar refractivity (Wildman–Crippen MR) is 84.9 cm³/mol. The van der Waals surface area contributed by atoms with Crippen LogP contribution in [0.4, 0.5) is 0 Å². The van der Waals surface area contributed by atoms with Gasteiger partial charge in [0.25, 0.3) is 5.56 Å². The molecule has 0 aliphatic carbocycles. The molecule has 0 N–H and O–H groups in total. The number of ether oxygens (including phenoxy) is 1. The van der Waals surface area contributed by atoms with E-state index in [2.05, 4.69) is 9.88 Å². The summed E-state index contributed by atoms with van der Waals surface area (Å²) in [5.41, 5.74) is 0.800. The first-order chi connectivity index (χ1) is 11.2. The minimum atomic E-state index is -0.0554. The van der Waals surface area contributed by atoms with Gasteiger partial charge in [-0.1, -0.05) is 0 Å². The lowest BCUT2D eigenvalue weighted by Gasteiger charge is -2.20. The second-order valence-electron chi connectivity index (χ2n) is 6.24. The number of likely N-dealkylation sites (tertiary alicyclic amines) is 1. The molecule has 126 valence electrons. The normalized spacial score (nSPS) is 18.7. The van der Waals surface area contributed by atoms with E-state index in [0.29, 0.717) is 25.5 Å². The summed E-state index contributed by atoms with van der Waals surface area (Å²) in [5, 5.41) is 0. The van der Waals surface area contributed by atoms with Crippen molar-refractivity contribution < 1.29 is 9.53 Å². The summed E-state index contributed by atoms with van der Waals surface area (Å²) in [6.07, 6.45) is 3.18. The Bertz CT molecular complexity index is 622. The van der Waals surface area contributed by atoms with E-state index in [-0.39, 0.29) is 18.1 Å². The highest BCUT2D eigenvalue weighted by Gasteiger charge is 2.21. The summed E-state index contributed by atoms with van der Waals surface area (Å²) in [5.74, 6) is 0.633. The third kappa shape index (κ3) is 3.79. The van der Waals surface area contributed by atoms with Crippen LogP contribution >= 0.6 is 0 Å². The summed E-state index contributed by atoms with van der Waals surface area (Å²) in [6, 6.07) is 1.65. The van der Waals surface area contributed by atoms with Gasteiger partial charge >= 0.3 is 0 Å². The molecule has 0 bridgehead atoms. The number of amides is 1. The highest BCUT2D eigenvalue weighted by molar-refractivity contribution is 5.77. The van der Waals surface area contributed by atoms with Gasteiger partial charge in [0, 0.05) is 32.8 Å². The number of carbonyl (C=O) groups excluding carboxylic acids is 1. The Morgan fingerprint density at radius 1 is 1.22 bits per heavy atom. The lowest BCUT2D eigenvalue weighted by atomic mass is 10.3. The molecular weight excluding hydrogens is 296 g/mol. The van der Waals surface area contributed by atoms with Crippen molar-refractivity contribution in [2.75, 3.05) is 33.4 Å². The third-order valence-electron chi connectivity index (χ3n) is 4.49. The quantitative estimate of drug-likeness (QED) is 0.794. The minimum absolute atomic E-state index is 0.00904. The zero-order valence-corrected chi connectivity index (χ0v) is 13.7. The van der Waals surface area contributed by atoms with Gasteiger partial charge in [0.2, 0.25) is 5.91 Å². The van der Waals surface area contributed by atoms with E-state index >= 15 is 0 Å². The van der Waals surface area contributed by atoms with Crippen molar-refractivity contribution in [1.29, 1.82) is 0 Å². The zero-order valence-electron chi connectivity index (χ0n) is 13.7. The second kappa shape index (κ2) is 7.23. The molecule has 0 radical (unpaired) electrons. The summed E-state index contributed by atoms with van der Waals surface area (Å²) in [4.78, 5) is 33.2. The molecule has 0 unspecified atom stereocenters. The SMILES string of the molecule is COCC(=O)N1CCCn2c(nc(CN3CCCC3)cc2=O)C1. The maximum absolute atomic E-state index is 12.4. The molecule has 2 aliphatic heterocycles. The van der Waals surface area contributed by atoms with Crippen LogP contribution in [0.2, 0.25) is 0 Å². The molecule has 1 amide bonds. The number of hydrogen-bond acceptors (Lipinski definition) is 5. The average molecular weight is 320 g/mol. The van der Waals surface area contributed by atoms with Crippen LogP contribution < -0.4 is 5.56 Å². The van der Waals surface area contributed by atoms with Gasteiger partial charge < -0.3 is 9.64 Å². The Morgan fingerprint density at radius 3 is 2.74 bits per heavy atom. The van der Waals surface area contributed by atoms with E-state index in [1.54, 1.807) is 15.5 Å². The molecule has 3 heterocycles. The Kier molecular flexibility index (Phi) is 5.07. The highest BCUT2D eigenvalue weighted by Crippen LogP contribution is 2.13. The highest BCUT2D eigenvalue weighted by atomic mass is 16.5. The number of carbonyl (C=O) groups is 1. The summed E-state index contributed by atoms with van der Waals surface area (Å²) in [6.45, 7) is 4.55. The Labute approximate surface area is 135 Å². The Morgan fingerprint density at radius 2 is 2.00 bits per heavy atom. The van der Waals surface area contributed by atoms with Gasteiger partial charge in [0.1, 0.15) is 12.4 Å². The molecule has 7 heteroatoms. The van der Waals surface area contributed by atoms with E-state index in [1.165, 1.54) is 20.0 Å².